The lowest BCUT2D eigenvalue weighted by Gasteiger charge is -2.19. The first kappa shape index (κ1) is 17.0. The minimum Gasteiger partial charge on any atom is -0.481 e. The molecule has 1 atom stereocenters. The fourth-order valence-corrected chi connectivity index (χ4v) is 2.59. The van der Waals surface area contributed by atoms with Crippen LogP contribution in [0, 0.1) is 13.8 Å². The first-order valence-corrected chi connectivity index (χ1v) is 7.46. The van der Waals surface area contributed by atoms with Crippen LogP contribution in [0.3, 0.4) is 0 Å². The maximum atomic E-state index is 12.4. The first-order chi connectivity index (χ1) is 10.8. The van der Waals surface area contributed by atoms with Crippen LogP contribution < -0.4 is 5.32 Å². The van der Waals surface area contributed by atoms with Gasteiger partial charge in [-0.25, -0.2) is 0 Å². The van der Waals surface area contributed by atoms with Crippen molar-refractivity contribution < 1.29 is 14.7 Å². The highest BCUT2D eigenvalue weighted by molar-refractivity contribution is 6.34. The van der Waals surface area contributed by atoms with Crippen LogP contribution in [0.2, 0.25) is 5.02 Å². The Morgan fingerprint density at radius 2 is 2.00 bits per heavy atom. The number of nitrogens with one attached hydrogen (secondary N) is 1. The topological polar surface area (TPSA) is 84.2 Å². The Balaban J connectivity index is 2.31. The van der Waals surface area contributed by atoms with Gasteiger partial charge in [0, 0.05) is 7.05 Å². The molecule has 6 nitrogen and oxygen atoms in total. The number of carbonyl (C=O) groups is 2. The third kappa shape index (κ3) is 3.71. The predicted molar refractivity (Wildman–Crippen MR) is 86.6 cm³/mol. The zero-order valence-corrected chi connectivity index (χ0v) is 13.9. The maximum Gasteiger partial charge on any atom is 0.305 e. The minimum atomic E-state index is -0.998. The molecule has 0 radical (unpaired) electrons. The fourth-order valence-electron chi connectivity index (χ4n) is 2.35. The Labute approximate surface area is 139 Å². The van der Waals surface area contributed by atoms with Gasteiger partial charge in [-0.2, -0.15) is 5.10 Å². The molecule has 1 unspecified atom stereocenters. The molecular weight excluding hydrogens is 318 g/mol. The van der Waals surface area contributed by atoms with Crippen molar-refractivity contribution in [2.24, 2.45) is 7.05 Å². The largest absolute Gasteiger partial charge is 0.481 e. The first-order valence-electron chi connectivity index (χ1n) is 7.08. The quantitative estimate of drug-likeness (QED) is 0.879. The number of benzene rings is 1. The second kappa shape index (κ2) is 6.83. The number of aryl methyl sites for hydroxylation is 2. The van der Waals surface area contributed by atoms with Crippen LogP contribution in [-0.2, 0) is 11.8 Å². The number of rotatable bonds is 5. The molecular formula is C16H18ClN3O3. The molecule has 0 aliphatic heterocycles. The number of hydrogen-bond acceptors (Lipinski definition) is 3. The van der Waals surface area contributed by atoms with E-state index in [2.05, 4.69) is 10.4 Å². The summed E-state index contributed by atoms with van der Waals surface area (Å²) in [6, 6.07) is 6.68. The second-order valence-electron chi connectivity index (χ2n) is 5.35. The molecule has 2 N–H and O–H groups in total. The van der Waals surface area contributed by atoms with Crippen LogP contribution in [0.15, 0.2) is 24.3 Å². The Morgan fingerprint density at radius 1 is 1.35 bits per heavy atom. The SMILES string of the molecule is Cc1ccccc1C(CC(=O)O)NC(=O)c1nn(C)c(C)c1Cl. The number of carboxylic acid groups (broad SMARTS) is 1. The Kier molecular flexibility index (Phi) is 5.05. The lowest BCUT2D eigenvalue weighted by molar-refractivity contribution is -0.137. The molecule has 23 heavy (non-hydrogen) atoms. The lowest BCUT2D eigenvalue weighted by atomic mass is 9.98. The van der Waals surface area contributed by atoms with Crippen molar-refractivity contribution in [3.8, 4) is 0 Å². The Bertz CT molecular complexity index is 755. The lowest BCUT2D eigenvalue weighted by Crippen LogP contribution is -2.31. The third-order valence-corrected chi connectivity index (χ3v) is 4.18. The number of carboxylic acids is 1. The number of hydrogen-bond donors (Lipinski definition) is 2. The number of aliphatic carboxylic acids is 1. The van der Waals surface area contributed by atoms with E-state index < -0.39 is 17.9 Å². The van der Waals surface area contributed by atoms with Gasteiger partial charge in [0.1, 0.15) is 0 Å². The zero-order chi connectivity index (χ0) is 17.1. The summed E-state index contributed by atoms with van der Waals surface area (Å²) in [5, 5.41) is 16.2. The summed E-state index contributed by atoms with van der Waals surface area (Å²) in [6.07, 6.45) is -0.222. The molecule has 1 aromatic heterocycles. The van der Waals surface area contributed by atoms with Gasteiger partial charge in [-0.15, -0.1) is 0 Å². The van der Waals surface area contributed by atoms with Gasteiger partial charge in [0.15, 0.2) is 5.69 Å². The van der Waals surface area contributed by atoms with E-state index in [1.54, 1.807) is 26.1 Å². The fraction of sp³-hybridized carbons (Fsp3) is 0.312. The summed E-state index contributed by atoms with van der Waals surface area (Å²) in [5.74, 6) is -1.49. The van der Waals surface area contributed by atoms with Gasteiger partial charge in [-0.1, -0.05) is 35.9 Å². The van der Waals surface area contributed by atoms with Gasteiger partial charge in [0.05, 0.1) is 23.2 Å². The Morgan fingerprint density at radius 3 is 2.52 bits per heavy atom. The molecule has 0 saturated carbocycles. The molecule has 2 rings (SSSR count). The second-order valence-corrected chi connectivity index (χ2v) is 5.73. The average molecular weight is 336 g/mol. The smallest absolute Gasteiger partial charge is 0.305 e. The van der Waals surface area contributed by atoms with Crippen LogP contribution >= 0.6 is 11.6 Å². The van der Waals surface area contributed by atoms with Crippen molar-refractivity contribution in [3.63, 3.8) is 0 Å². The third-order valence-electron chi connectivity index (χ3n) is 3.72. The van der Waals surface area contributed by atoms with Crippen LogP contribution in [0.25, 0.3) is 0 Å². The van der Waals surface area contributed by atoms with Crippen LogP contribution in [-0.4, -0.2) is 26.8 Å². The van der Waals surface area contributed by atoms with Crippen LogP contribution in [0.1, 0.15) is 39.8 Å². The number of amides is 1. The van der Waals surface area contributed by atoms with Crippen LogP contribution in [0.4, 0.5) is 0 Å². The van der Waals surface area contributed by atoms with Crippen molar-refractivity contribution in [2.45, 2.75) is 26.3 Å². The van der Waals surface area contributed by atoms with Crippen molar-refractivity contribution >= 4 is 23.5 Å². The van der Waals surface area contributed by atoms with E-state index in [1.807, 2.05) is 19.1 Å². The highest BCUT2D eigenvalue weighted by Gasteiger charge is 2.24. The molecule has 1 heterocycles. The maximum absolute atomic E-state index is 12.4. The van der Waals surface area contributed by atoms with E-state index in [0.29, 0.717) is 5.69 Å². The van der Waals surface area contributed by atoms with Gasteiger partial charge in [0.2, 0.25) is 0 Å². The van der Waals surface area contributed by atoms with Gasteiger partial charge >= 0.3 is 5.97 Å². The normalized spacial score (nSPS) is 12.0. The van der Waals surface area contributed by atoms with E-state index in [9.17, 15) is 9.59 Å². The summed E-state index contributed by atoms with van der Waals surface area (Å²) in [4.78, 5) is 23.6. The van der Waals surface area contributed by atoms with Crippen LogP contribution in [0.5, 0.6) is 0 Å². The van der Waals surface area contributed by atoms with Gasteiger partial charge in [0.25, 0.3) is 5.91 Å². The van der Waals surface area contributed by atoms with Gasteiger partial charge in [-0.3, -0.25) is 14.3 Å². The molecule has 0 bridgehead atoms. The summed E-state index contributed by atoms with van der Waals surface area (Å²) in [7, 11) is 1.69. The number of nitrogens with zero attached hydrogens (tertiary/aromatic N) is 2. The minimum absolute atomic E-state index is 0.0932. The van der Waals surface area contributed by atoms with Crippen molar-refractivity contribution in [3.05, 3.63) is 51.8 Å². The van der Waals surface area contributed by atoms with Crippen molar-refractivity contribution in [1.82, 2.24) is 15.1 Å². The molecule has 0 aliphatic rings. The van der Waals surface area contributed by atoms with E-state index in [0.717, 1.165) is 11.1 Å². The molecule has 0 aliphatic carbocycles. The monoisotopic (exact) mass is 335 g/mol. The molecule has 0 spiro atoms. The predicted octanol–water partition coefficient (Wildman–Crippen LogP) is 2.64. The summed E-state index contributed by atoms with van der Waals surface area (Å²) in [5.41, 5.74) is 2.42. The van der Waals surface area contributed by atoms with Gasteiger partial charge < -0.3 is 10.4 Å². The average Bonchev–Trinajstić information content (AvgIpc) is 2.74. The zero-order valence-electron chi connectivity index (χ0n) is 13.1. The van der Waals surface area contributed by atoms with E-state index in [1.165, 1.54) is 4.68 Å². The molecule has 2 aromatic rings. The number of carbonyl (C=O) groups excluding carboxylic acids is 1. The van der Waals surface area contributed by atoms with Crippen molar-refractivity contribution in [2.75, 3.05) is 0 Å². The number of aromatic nitrogens is 2. The summed E-state index contributed by atoms with van der Waals surface area (Å²) < 4.78 is 1.51. The molecule has 1 amide bonds. The molecule has 7 heteroatoms. The molecule has 1 aromatic carbocycles. The van der Waals surface area contributed by atoms with E-state index in [4.69, 9.17) is 16.7 Å². The molecule has 0 saturated heterocycles. The number of halogens is 1. The van der Waals surface area contributed by atoms with Crippen molar-refractivity contribution in [1.29, 1.82) is 0 Å². The summed E-state index contributed by atoms with van der Waals surface area (Å²) >= 11 is 6.11. The van der Waals surface area contributed by atoms with E-state index in [-0.39, 0.29) is 17.1 Å². The molecule has 122 valence electrons. The Hall–Kier alpha value is -2.34. The highest BCUT2D eigenvalue weighted by atomic mass is 35.5. The standard InChI is InChI=1S/C16H18ClN3O3/c1-9-6-4-5-7-11(9)12(8-13(21)22)18-16(23)15-14(17)10(2)20(3)19-15/h4-7,12H,8H2,1-3H3,(H,18,23)(H,21,22). The van der Waals surface area contributed by atoms with E-state index >= 15 is 0 Å². The molecule has 0 fully saturated rings. The van der Waals surface area contributed by atoms with Gasteiger partial charge in [-0.05, 0) is 25.0 Å². The highest BCUT2D eigenvalue weighted by Crippen LogP contribution is 2.23. The summed E-state index contributed by atoms with van der Waals surface area (Å²) in [6.45, 7) is 3.62.